The van der Waals surface area contributed by atoms with Crippen LogP contribution in [0.5, 0.6) is 0 Å². The van der Waals surface area contributed by atoms with E-state index in [1.54, 1.807) is 0 Å². The molecule has 0 aromatic rings. The van der Waals surface area contributed by atoms with Gasteiger partial charge in [-0.1, -0.05) is 26.7 Å². The number of piperidine rings is 1. The number of carbonyl (C=O) groups excluding carboxylic acids is 1. The van der Waals surface area contributed by atoms with Crippen molar-refractivity contribution in [2.75, 3.05) is 13.1 Å². The molecule has 1 rings (SSSR count). The van der Waals surface area contributed by atoms with E-state index in [4.69, 9.17) is 5.11 Å². The molecule has 1 fully saturated rings. The molecule has 4 heteroatoms. The first kappa shape index (κ1) is 15.0. The van der Waals surface area contributed by atoms with Crippen LogP contribution in [-0.4, -0.2) is 35.0 Å². The molecule has 0 aliphatic carbocycles. The number of carboxylic acid groups (broad SMARTS) is 1. The van der Waals surface area contributed by atoms with E-state index in [1.807, 2.05) is 4.90 Å². The molecule has 1 saturated heterocycles. The van der Waals surface area contributed by atoms with Crippen LogP contribution in [0, 0.1) is 5.41 Å². The highest BCUT2D eigenvalue weighted by Gasteiger charge is 2.32. The third-order valence-electron chi connectivity index (χ3n) is 4.46. The SMILES string of the molecule is CCC1(CC)CCN(C(=O)CCCC(=O)O)CC1. The van der Waals surface area contributed by atoms with Crippen LogP contribution in [0.3, 0.4) is 0 Å². The number of likely N-dealkylation sites (tertiary alicyclic amines) is 1. The van der Waals surface area contributed by atoms with Gasteiger partial charge in [-0.2, -0.15) is 0 Å². The minimum absolute atomic E-state index is 0.0907. The summed E-state index contributed by atoms with van der Waals surface area (Å²) >= 11 is 0. The first-order valence-electron chi connectivity index (χ1n) is 7.02. The number of rotatable bonds is 6. The number of carboxylic acids is 1. The van der Waals surface area contributed by atoms with Crippen LogP contribution in [-0.2, 0) is 9.59 Å². The van der Waals surface area contributed by atoms with E-state index < -0.39 is 5.97 Å². The number of aliphatic carboxylic acids is 1. The van der Waals surface area contributed by atoms with E-state index in [0.717, 1.165) is 25.9 Å². The van der Waals surface area contributed by atoms with Crippen LogP contribution in [0.1, 0.15) is 58.8 Å². The smallest absolute Gasteiger partial charge is 0.303 e. The van der Waals surface area contributed by atoms with Gasteiger partial charge < -0.3 is 10.0 Å². The number of carbonyl (C=O) groups is 2. The average molecular weight is 255 g/mol. The molecule has 1 heterocycles. The van der Waals surface area contributed by atoms with Gasteiger partial charge in [0, 0.05) is 25.9 Å². The Bertz CT molecular complexity index is 287. The summed E-state index contributed by atoms with van der Waals surface area (Å²) in [6.45, 7) is 6.14. The molecule has 0 unspecified atom stereocenters. The highest BCUT2D eigenvalue weighted by atomic mass is 16.4. The van der Waals surface area contributed by atoms with Gasteiger partial charge >= 0.3 is 5.97 Å². The van der Waals surface area contributed by atoms with Gasteiger partial charge in [0.15, 0.2) is 0 Å². The Morgan fingerprint density at radius 1 is 1.11 bits per heavy atom. The molecule has 0 aromatic heterocycles. The van der Waals surface area contributed by atoms with Crippen LogP contribution in [0.25, 0.3) is 0 Å². The van der Waals surface area contributed by atoms with E-state index in [1.165, 1.54) is 12.8 Å². The molecule has 104 valence electrons. The standard InChI is InChI=1S/C14H25NO3/c1-3-14(4-2)8-10-15(11-9-14)12(16)6-5-7-13(17)18/h3-11H2,1-2H3,(H,17,18). The topological polar surface area (TPSA) is 57.6 Å². The predicted octanol–water partition coefficient (Wildman–Crippen LogP) is 2.67. The van der Waals surface area contributed by atoms with Gasteiger partial charge in [0.1, 0.15) is 0 Å². The van der Waals surface area contributed by atoms with Gasteiger partial charge in [-0.25, -0.2) is 0 Å². The first-order valence-corrected chi connectivity index (χ1v) is 7.02. The van der Waals surface area contributed by atoms with Crippen molar-refractivity contribution in [1.82, 2.24) is 4.90 Å². The molecule has 0 radical (unpaired) electrons. The fraction of sp³-hybridized carbons (Fsp3) is 0.857. The Balaban J connectivity index is 2.33. The highest BCUT2D eigenvalue weighted by molar-refractivity contribution is 5.77. The normalized spacial score (nSPS) is 18.7. The van der Waals surface area contributed by atoms with Gasteiger partial charge in [-0.3, -0.25) is 9.59 Å². The third-order valence-corrected chi connectivity index (χ3v) is 4.46. The molecule has 0 spiro atoms. The van der Waals surface area contributed by atoms with Crippen LogP contribution in [0.2, 0.25) is 0 Å². The van der Waals surface area contributed by atoms with E-state index in [0.29, 0.717) is 18.3 Å². The number of amides is 1. The van der Waals surface area contributed by atoms with Crippen molar-refractivity contribution < 1.29 is 14.7 Å². The number of nitrogens with zero attached hydrogens (tertiary/aromatic N) is 1. The molecule has 0 atom stereocenters. The number of hydrogen-bond donors (Lipinski definition) is 1. The maximum atomic E-state index is 11.9. The van der Waals surface area contributed by atoms with Crippen LogP contribution < -0.4 is 0 Å². The fourth-order valence-electron chi connectivity index (χ4n) is 2.74. The maximum Gasteiger partial charge on any atom is 0.303 e. The van der Waals surface area contributed by atoms with E-state index in [2.05, 4.69) is 13.8 Å². The van der Waals surface area contributed by atoms with Gasteiger partial charge in [0.25, 0.3) is 0 Å². The summed E-state index contributed by atoms with van der Waals surface area (Å²) in [6, 6.07) is 0. The lowest BCUT2D eigenvalue weighted by molar-refractivity contribution is -0.137. The molecule has 1 aliphatic rings. The zero-order chi connectivity index (χ0) is 13.6. The largest absolute Gasteiger partial charge is 0.481 e. The second kappa shape index (κ2) is 6.76. The Kier molecular flexibility index (Phi) is 5.63. The zero-order valence-corrected chi connectivity index (χ0v) is 11.6. The minimum atomic E-state index is -0.822. The molecule has 1 N–H and O–H groups in total. The third kappa shape index (κ3) is 4.00. The molecule has 4 nitrogen and oxygen atoms in total. The molecule has 0 saturated carbocycles. The average Bonchev–Trinajstić information content (AvgIpc) is 2.38. The van der Waals surface area contributed by atoms with Crippen molar-refractivity contribution in [2.45, 2.75) is 58.8 Å². The van der Waals surface area contributed by atoms with Crippen LogP contribution in [0.4, 0.5) is 0 Å². The van der Waals surface area contributed by atoms with Gasteiger partial charge in [-0.15, -0.1) is 0 Å². The molecule has 1 amide bonds. The van der Waals surface area contributed by atoms with Gasteiger partial charge in [0.2, 0.25) is 5.91 Å². The summed E-state index contributed by atoms with van der Waals surface area (Å²) in [5, 5.41) is 8.54. The summed E-state index contributed by atoms with van der Waals surface area (Å²) in [5.74, 6) is -0.700. The molecule has 18 heavy (non-hydrogen) atoms. The van der Waals surface area contributed by atoms with E-state index in [9.17, 15) is 9.59 Å². The second-order valence-corrected chi connectivity index (χ2v) is 5.34. The fourth-order valence-corrected chi connectivity index (χ4v) is 2.74. The van der Waals surface area contributed by atoms with Crippen molar-refractivity contribution in [2.24, 2.45) is 5.41 Å². The van der Waals surface area contributed by atoms with Gasteiger partial charge in [-0.05, 0) is 24.7 Å². The molecular formula is C14H25NO3. The monoisotopic (exact) mass is 255 g/mol. The van der Waals surface area contributed by atoms with Crippen molar-refractivity contribution in [3.63, 3.8) is 0 Å². The summed E-state index contributed by atoms with van der Waals surface area (Å²) < 4.78 is 0. The van der Waals surface area contributed by atoms with Crippen molar-refractivity contribution >= 4 is 11.9 Å². The van der Waals surface area contributed by atoms with Crippen molar-refractivity contribution in [3.05, 3.63) is 0 Å². The second-order valence-electron chi connectivity index (χ2n) is 5.34. The highest BCUT2D eigenvalue weighted by Crippen LogP contribution is 2.37. The predicted molar refractivity (Wildman–Crippen MR) is 70.3 cm³/mol. The lowest BCUT2D eigenvalue weighted by Gasteiger charge is -2.41. The number of hydrogen-bond acceptors (Lipinski definition) is 2. The summed E-state index contributed by atoms with van der Waals surface area (Å²) in [6.07, 6.45) is 5.47. The molecular weight excluding hydrogens is 230 g/mol. The van der Waals surface area contributed by atoms with E-state index in [-0.39, 0.29) is 12.3 Å². The van der Waals surface area contributed by atoms with Crippen LogP contribution >= 0.6 is 0 Å². The molecule has 0 aromatic carbocycles. The summed E-state index contributed by atoms with van der Waals surface area (Å²) in [5.41, 5.74) is 0.428. The van der Waals surface area contributed by atoms with Gasteiger partial charge in [0.05, 0.1) is 0 Å². The lowest BCUT2D eigenvalue weighted by Crippen LogP contribution is -2.42. The van der Waals surface area contributed by atoms with Crippen molar-refractivity contribution in [3.8, 4) is 0 Å². The summed E-state index contributed by atoms with van der Waals surface area (Å²) in [4.78, 5) is 24.2. The molecule has 0 bridgehead atoms. The zero-order valence-electron chi connectivity index (χ0n) is 11.6. The molecule has 1 aliphatic heterocycles. The Labute approximate surface area is 109 Å². The van der Waals surface area contributed by atoms with Crippen molar-refractivity contribution in [1.29, 1.82) is 0 Å². The quantitative estimate of drug-likeness (QED) is 0.793. The Morgan fingerprint density at radius 2 is 1.67 bits per heavy atom. The summed E-state index contributed by atoms with van der Waals surface area (Å²) in [7, 11) is 0. The lowest BCUT2D eigenvalue weighted by atomic mass is 9.74. The maximum absolute atomic E-state index is 11.9. The Hall–Kier alpha value is -1.06. The van der Waals surface area contributed by atoms with Crippen LogP contribution in [0.15, 0.2) is 0 Å². The minimum Gasteiger partial charge on any atom is -0.481 e. The first-order chi connectivity index (χ1) is 8.53. The van der Waals surface area contributed by atoms with E-state index >= 15 is 0 Å². The Morgan fingerprint density at radius 3 is 2.11 bits per heavy atom.